The largest absolute Gasteiger partial charge is 0.359 e. The molecule has 0 radical (unpaired) electrons. The van der Waals surface area contributed by atoms with Crippen molar-refractivity contribution in [1.29, 1.82) is 5.26 Å². The zero-order valence-corrected chi connectivity index (χ0v) is 10.6. The molecule has 88 valence electrons. The van der Waals surface area contributed by atoms with Crippen molar-refractivity contribution in [2.24, 2.45) is 5.10 Å². The van der Waals surface area contributed by atoms with Gasteiger partial charge in [0.25, 0.3) is 0 Å². The zero-order valence-electron chi connectivity index (χ0n) is 9.77. The average Bonchev–Trinajstić information content (AvgIpc) is 2.29. The summed E-state index contributed by atoms with van der Waals surface area (Å²) in [6, 6.07) is 9.47. The summed E-state index contributed by atoms with van der Waals surface area (Å²) in [5, 5.41) is 16.1. The van der Waals surface area contributed by atoms with Gasteiger partial charge in [-0.2, -0.15) is 10.4 Å². The highest BCUT2D eigenvalue weighted by Gasteiger charge is 1.95. The van der Waals surface area contributed by atoms with Crippen molar-refractivity contribution in [3.63, 3.8) is 0 Å². The molecule has 1 aromatic carbocycles. The molecule has 0 saturated heterocycles. The van der Waals surface area contributed by atoms with Gasteiger partial charge in [-0.15, -0.1) is 0 Å². The Balaban J connectivity index is 2.48. The van der Waals surface area contributed by atoms with Crippen molar-refractivity contribution in [2.75, 3.05) is 0 Å². The molecule has 17 heavy (non-hydrogen) atoms. The fourth-order valence-electron chi connectivity index (χ4n) is 1.10. The normalized spacial score (nSPS) is 10.2. The lowest BCUT2D eigenvalue weighted by molar-refractivity contribution is 0.720. The predicted octanol–water partition coefficient (Wildman–Crippen LogP) is 1.76. The van der Waals surface area contributed by atoms with E-state index >= 15 is 0 Å². The summed E-state index contributed by atoms with van der Waals surface area (Å²) < 4.78 is 0. The maximum atomic E-state index is 8.64. The Morgan fingerprint density at radius 2 is 2.06 bits per heavy atom. The molecule has 0 heterocycles. The van der Waals surface area contributed by atoms with E-state index in [1.165, 1.54) is 0 Å². The lowest BCUT2D eigenvalue weighted by atomic mass is 10.2. The van der Waals surface area contributed by atoms with Crippen LogP contribution in [-0.2, 0) is 0 Å². The Labute approximate surface area is 106 Å². The fourth-order valence-corrected chi connectivity index (χ4v) is 1.39. The fraction of sp³-hybridized carbons (Fsp3) is 0.250. The minimum absolute atomic E-state index is 0.278. The maximum Gasteiger partial charge on any atom is 0.187 e. The molecule has 0 bridgehead atoms. The summed E-state index contributed by atoms with van der Waals surface area (Å²) in [5.41, 5.74) is 4.25. The van der Waals surface area contributed by atoms with E-state index in [0.29, 0.717) is 10.7 Å². The van der Waals surface area contributed by atoms with Crippen LogP contribution in [0.4, 0.5) is 0 Å². The Morgan fingerprint density at radius 1 is 1.41 bits per heavy atom. The van der Waals surface area contributed by atoms with E-state index in [2.05, 4.69) is 21.9 Å². The minimum atomic E-state index is 0.278. The number of thiocarbonyl (C=S) groups is 1. The van der Waals surface area contributed by atoms with Crippen LogP contribution in [0.5, 0.6) is 0 Å². The molecule has 0 saturated carbocycles. The highest BCUT2D eigenvalue weighted by Crippen LogP contribution is 2.00. The lowest BCUT2D eigenvalue weighted by Gasteiger charge is -2.09. The van der Waals surface area contributed by atoms with Gasteiger partial charge >= 0.3 is 0 Å². The van der Waals surface area contributed by atoms with E-state index < -0.39 is 0 Å². The molecule has 0 spiro atoms. The van der Waals surface area contributed by atoms with Crippen molar-refractivity contribution < 1.29 is 0 Å². The Morgan fingerprint density at radius 3 is 2.59 bits per heavy atom. The van der Waals surface area contributed by atoms with Crippen molar-refractivity contribution in [3.8, 4) is 6.07 Å². The molecule has 0 amide bonds. The third kappa shape index (κ3) is 5.09. The smallest absolute Gasteiger partial charge is 0.187 e. The molecule has 0 unspecified atom stereocenters. The molecule has 0 fully saturated rings. The van der Waals surface area contributed by atoms with E-state index in [0.717, 1.165) is 5.56 Å². The quantitative estimate of drug-likeness (QED) is 0.485. The molecular formula is C12H14N4S. The molecule has 0 atom stereocenters. The topological polar surface area (TPSA) is 60.2 Å². The molecule has 0 aliphatic heterocycles. The van der Waals surface area contributed by atoms with Gasteiger partial charge in [0.1, 0.15) is 0 Å². The number of nitriles is 1. The van der Waals surface area contributed by atoms with Crippen LogP contribution in [0.3, 0.4) is 0 Å². The summed E-state index contributed by atoms with van der Waals surface area (Å²) in [7, 11) is 0. The first kappa shape index (κ1) is 13.1. The van der Waals surface area contributed by atoms with Crippen LogP contribution < -0.4 is 10.7 Å². The number of nitrogens with zero attached hydrogens (tertiary/aromatic N) is 2. The average molecular weight is 246 g/mol. The van der Waals surface area contributed by atoms with Gasteiger partial charge in [-0.05, 0) is 43.8 Å². The van der Waals surface area contributed by atoms with Crippen molar-refractivity contribution >= 4 is 23.5 Å². The summed E-state index contributed by atoms with van der Waals surface area (Å²) >= 11 is 5.01. The molecule has 4 nitrogen and oxygen atoms in total. The monoisotopic (exact) mass is 246 g/mol. The highest BCUT2D eigenvalue weighted by atomic mass is 32.1. The van der Waals surface area contributed by atoms with Crippen LogP contribution in [0, 0.1) is 11.3 Å². The molecular weight excluding hydrogens is 232 g/mol. The standard InChI is InChI=1S/C12H14N4S/c1-9(2)15-12(17)16-14-8-11-5-3-10(7-13)4-6-11/h3-6,8-9H,1-2H3,(H2,15,16,17)/b14-8+. The van der Waals surface area contributed by atoms with Gasteiger partial charge in [0, 0.05) is 6.04 Å². The second kappa shape index (κ2) is 6.61. The number of benzene rings is 1. The number of rotatable bonds is 3. The molecule has 0 aromatic heterocycles. The molecule has 1 aromatic rings. The van der Waals surface area contributed by atoms with Gasteiger partial charge < -0.3 is 5.32 Å². The predicted molar refractivity (Wildman–Crippen MR) is 72.8 cm³/mol. The number of hydrogen-bond donors (Lipinski definition) is 2. The Kier molecular flexibility index (Phi) is 5.11. The van der Waals surface area contributed by atoms with Crippen LogP contribution in [0.1, 0.15) is 25.0 Å². The van der Waals surface area contributed by atoms with Gasteiger partial charge in [0.15, 0.2) is 5.11 Å². The summed E-state index contributed by atoms with van der Waals surface area (Å²) in [4.78, 5) is 0. The molecule has 0 aliphatic carbocycles. The van der Waals surface area contributed by atoms with Crippen LogP contribution in [0.15, 0.2) is 29.4 Å². The summed E-state index contributed by atoms with van der Waals surface area (Å²) in [6.07, 6.45) is 1.65. The van der Waals surface area contributed by atoms with Crippen molar-refractivity contribution in [1.82, 2.24) is 10.7 Å². The van der Waals surface area contributed by atoms with Crippen molar-refractivity contribution in [3.05, 3.63) is 35.4 Å². The lowest BCUT2D eigenvalue weighted by Crippen LogP contribution is -2.36. The van der Waals surface area contributed by atoms with Gasteiger partial charge in [-0.3, -0.25) is 5.43 Å². The number of nitrogens with one attached hydrogen (secondary N) is 2. The summed E-state index contributed by atoms with van der Waals surface area (Å²) in [6.45, 7) is 4.00. The minimum Gasteiger partial charge on any atom is -0.359 e. The van der Waals surface area contributed by atoms with Crippen molar-refractivity contribution in [2.45, 2.75) is 19.9 Å². The van der Waals surface area contributed by atoms with E-state index in [9.17, 15) is 0 Å². The number of hydrazone groups is 1. The second-order valence-corrected chi connectivity index (χ2v) is 4.14. The van der Waals surface area contributed by atoms with Crippen LogP contribution >= 0.6 is 12.2 Å². The SMILES string of the molecule is CC(C)NC(=S)N/N=C/c1ccc(C#N)cc1. The highest BCUT2D eigenvalue weighted by molar-refractivity contribution is 7.80. The Bertz CT molecular complexity index is 443. The molecule has 2 N–H and O–H groups in total. The Hall–Kier alpha value is -1.93. The second-order valence-electron chi connectivity index (χ2n) is 3.73. The van der Waals surface area contributed by atoms with Gasteiger partial charge in [0.05, 0.1) is 17.8 Å². The van der Waals surface area contributed by atoms with Crippen LogP contribution in [-0.4, -0.2) is 17.4 Å². The zero-order chi connectivity index (χ0) is 12.7. The maximum absolute atomic E-state index is 8.64. The van der Waals surface area contributed by atoms with E-state index in [1.54, 1.807) is 18.3 Å². The first-order chi connectivity index (χ1) is 8.11. The molecule has 0 aliphatic rings. The number of hydrogen-bond acceptors (Lipinski definition) is 3. The summed E-state index contributed by atoms with van der Waals surface area (Å²) in [5.74, 6) is 0. The first-order valence-corrected chi connectivity index (χ1v) is 5.62. The third-order valence-electron chi connectivity index (χ3n) is 1.84. The third-order valence-corrected chi connectivity index (χ3v) is 2.05. The molecule has 5 heteroatoms. The van der Waals surface area contributed by atoms with Crippen LogP contribution in [0.25, 0.3) is 0 Å². The van der Waals surface area contributed by atoms with Gasteiger partial charge in [-0.1, -0.05) is 12.1 Å². The van der Waals surface area contributed by atoms with Crippen LogP contribution in [0.2, 0.25) is 0 Å². The van der Waals surface area contributed by atoms with E-state index in [1.807, 2.05) is 26.0 Å². The van der Waals surface area contributed by atoms with Gasteiger partial charge in [-0.25, -0.2) is 0 Å². The van der Waals surface area contributed by atoms with E-state index in [-0.39, 0.29) is 6.04 Å². The first-order valence-electron chi connectivity index (χ1n) is 5.21. The van der Waals surface area contributed by atoms with E-state index in [4.69, 9.17) is 17.5 Å². The van der Waals surface area contributed by atoms with Gasteiger partial charge in [0.2, 0.25) is 0 Å². The molecule has 1 rings (SSSR count).